The molecule has 0 saturated carbocycles. The third-order valence-electron chi connectivity index (χ3n) is 4.04. The highest BCUT2D eigenvalue weighted by Crippen LogP contribution is 2.20. The summed E-state index contributed by atoms with van der Waals surface area (Å²) in [5.74, 6) is 2.52. The summed E-state index contributed by atoms with van der Waals surface area (Å²) in [7, 11) is 0. The van der Waals surface area contributed by atoms with Crippen LogP contribution in [0.25, 0.3) is 5.69 Å². The van der Waals surface area contributed by atoms with Gasteiger partial charge in [-0.1, -0.05) is 30.2 Å². The van der Waals surface area contributed by atoms with Crippen molar-refractivity contribution < 1.29 is 4.79 Å². The van der Waals surface area contributed by atoms with Crippen LogP contribution < -0.4 is 4.90 Å². The minimum absolute atomic E-state index is 0.0867. The zero-order valence-corrected chi connectivity index (χ0v) is 14.3. The number of amides is 1. The van der Waals surface area contributed by atoms with Gasteiger partial charge in [0.05, 0.1) is 16.9 Å². The van der Waals surface area contributed by atoms with Gasteiger partial charge >= 0.3 is 0 Å². The number of carbonyl (C=O) groups is 1. The Balaban J connectivity index is 1.96. The minimum atomic E-state index is -0.0867. The van der Waals surface area contributed by atoms with E-state index in [9.17, 15) is 4.79 Å². The summed E-state index contributed by atoms with van der Waals surface area (Å²) in [4.78, 5) is 14.8. The molecule has 3 aromatic rings. The molecule has 124 valence electrons. The molecular formula is C21H19N3O. The predicted molar refractivity (Wildman–Crippen MR) is 100 cm³/mol. The third-order valence-corrected chi connectivity index (χ3v) is 4.04. The molecule has 0 aliphatic heterocycles. The highest BCUT2D eigenvalue weighted by atomic mass is 16.2. The van der Waals surface area contributed by atoms with E-state index in [0.717, 1.165) is 16.9 Å². The van der Waals surface area contributed by atoms with E-state index in [4.69, 9.17) is 6.42 Å². The van der Waals surface area contributed by atoms with Crippen LogP contribution in [0.3, 0.4) is 0 Å². The van der Waals surface area contributed by atoms with E-state index >= 15 is 0 Å². The van der Waals surface area contributed by atoms with Crippen molar-refractivity contribution in [1.29, 1.82) is 0 Å². The summed E-state index contributed by atoms with van der Waals surface area (Å²) in [5, 5.41) is 4.48. The molecule has 0 aliphatic rings. The van der Waals surface area contributed by atoms with Gasteiger partial charge in [0, 0.05) is 24.0 Å². The number of nitrogens with zero attached hydrogens (tertiary/aromatic N) is 3. The Labute approximate surface area is 147 Å². The Morgan fingerprint density at radius 2 is 1.96 bits per heavy atom. The predicted octanol–water partition coefficient (Wildman–Crippen LogP) is 3.83. The van der Waals surface area contributed by atoms with E-state index in [-0.39, 0.29) is 5.91 Å². The van der Waals surface area contributed by atoms with Crippen LogP contribution in [0.1, 0.15) is 28.5 Å². The Hall–Kier alpha value is -3.32. The van der Waals surface area contributed by atoms with Gasteiger partial charge in [0.2, 0.25) is 0 Å². The third kappa shape index (κ3) is 3.31. The second kappa shape index (κ2) is 7.06. The van der Waals surface area contributed by atoms with Gasteiger partial charge in [-0.2, -0.15) is 5.10 Å². The van der Waals surface area contributed by atoms with Crippen LogP contribution in [0.5, 0.6) is 0 Å². The quantitative estimate of drug-likeness (QED) is 0.682. The standard InChI is InChI=1S/C21H19N3O/c1-4-17-10-9-13-19(14-17)23(5-2)21(25)20-15-24(22-16(20)3)18-11-7-6-8-12-18/h1,6-15H,5H2,2-3H3. The average Bonchev–Trinajstić information content (AvgIpc) is 3.05. The lowest BCUT2D eigenvalue weighted by molar-refractivity contribution is 0.0987. The zero-order chi connectivity index (χ0) is 17.8. The largest absolute Gasteiger partial charge is 0.309 e. The molecule has 0 N–H and O–H groups in total. The topological polar surface area (TPSA) is 38.1 Å². The van der Waals surface area contributed by atoms with Gasteiger partial charge in [-0.15, -0.1) is 6.42 Å². The van der Waals surface area contributed by atoms with Crippen molar-refractivity contribution in [1.82, 2.24) is 9.78 Å². The number of benzene rings is 2. The molecule has 3 rings (SSSR count). The van der Waals surface area contributed by atoms with Crippen molar-refractivity contribution in [3.63, 3.8) is 0 Å². The second-order valence-electron chi connectivity index (χ2n) is 5.65. The lowest BCUT2D eigenvalue weighted by atomic mass is 10.1. The van der Waals surface area contributed by atoms with Crippen LogP contribution in [0.15, 0.2) is 60.8 Å². The van der Waals surface area contributed by atoms with Gasteiger partial charge in [-0.3, -0.25) is 4.79 Å². The fraction of sp³-hybridized carbons (Fsp3) is 0.143. The van der Waals surface area contributed by atoms with Crippen molar-refractivity contribution in [3.8, 4) is 18.0 Å². The lowest BCUT2D eigenvalue weighted by Crippen LogP contribution is -2.30. The average molecular weight is 329 g/mol. The minimum Gasteiger partial charge on any atom is -0.309 e. The molecular weight excluding hydrogens is 310 g/mol. The van der Waals surface area contributed by atoms with Gasteiger partial charge in [-0.05, 0) is 44.2 Å². The molecule has 4 heteroatoms. The van der Waals surface area contributed by atoms with Gasteiger partial charge in [0.1, 0.15) is 0 Å². The molecule has 2 aromatic carbocycles. The maximum Gasteiger partial charge on any atom is 0.261 e. The highest BCUT2D eigenvalue weighted by molar-refractivity contribution is 6.06. The summed E-state index contributed by atoms with van der Waals surface area (Å²) < 4.78 is 1.73. The van der Waals surface area contributed by atoms with E-state index in [1.54, 1.807) is 15.8 Å². The van der Waals surface area contributed by atoms with Gasteiger partial charge < -0.3 is 4.90 Å². The molecule has 25 heavy (non-hydrogen) atoms. The molecule has 0 unspecified atom stereocenters. The van der Waals surface area contributed by atoms with Crippen LogP contribution in [-0.4, -0.2) is 22.2 Å². The first-order valence-corrected chi connectivity index (χ1v) is 8.14. The summed E-state index contributed by atoms with van der Waals surface area (Å²) >= 11 is 0. The molecule has 1 heterocycles. The summed E-state index contributed by atoms with van der Waals surface area (Å²) in [6.07, 6.45) is 7.25. The monoisotopic (exact) mass is 329 g/mol. The molecule has 0 fully saturated rings. The van der Waals surface area contributed by atoms with Gasteiger partial charge in [0.15, 0.2) is 0 Å². The van der Waals surface area contributed by atoms with Crippen LogP contribution in [0.4, 0.5) is 5.69 Å². The molecule has 4 nitrogen and oxygen atoms in total. The highest BCUT2D eigenvalue weighted by Gasteiger charge is 2.21. The number of para-hydroxylation sites is 1. The van der Waals surface area contributed by atoms with Crippen LogP contribution in [-0.2, 0) is 0 Å². The van der Waals surface area contributed by atoms with Crippen molar-refractivity contribution >= 4 is 11.6 Å². The Morgan fingerprint density at radius 1 is 1.20 bits per heavy atom. The number of terminal acetylenes is 1. The van der Waals surface area contributed by atoms with Crippen LogP contribution in [0.2, 0.25) is 0 Å². The first kappa shape index (κ1) is 16.5. The van der Waals surface area contributed by atoms with Crippen molar-refractivity contribution in [2.75, 3.05) is 11.4 Å². The van der Waals surface area contributed by atoms with Gasteiger partial charge in [-0.25, -0.2) is 4.68 Å². The van der Waals surface area contributed by atoms with E-state index < -0.39 is 0 Å². The number of carbonyl (C=O) groups excluding carboxylic acids is 1. The number of hydrogen-bond acceptors (Lipinski definition) is 2. The Bertz CT molecular complexity index is 935. The van der Waals surface area contributed by atoms with E-state index in [0.29, 0.717) is 17.8 Å². The molecule has 1 amide bonds. The van der Waals surface area contributed by atoms with Crippen molar-refractivity contribution in [2.24, 2.45) is 0 Å². The fourth-order valence-electron chi connectivity index (χ4n) is 2.74. The molecule has 0 atom stereocenters. The first-order valence-electron chi connectivity index (χ1n) is 8.14. The SMILES string of the molecule is C#Cc1cccc(N(CC)C(=O)c2cn(-c3ccccc3)nc2C)c1. The molecule has 0 spiro atoms. The summed E-state index contributed by atoms with van der Waals surface area (Å²) in [5.41, 5.74) is 3.73. The smallest absolute Gasteiger partial charge is 0.261 e. The number of hydrogen-bond donors (Lipinski definition) is 0. The van der Waals surface area contributed by atoms with Crippen molar-refractivity contribution in [2.45, 2.75) is 13.8 Å². The Morgan fingerprint density at radius 3 is 2.64 bits per heavy atom. The number of aromatic nitrogens is 2. The van der Waals surface area contributed by atoms with Crippen LogP contribution >= 0.6 is 0 Å². The van der Waals surface area contributed by atoms with E-state index in [1.807, 2.05) is 68.4 Å². The maximum absolute atomic E-state index is 13.1. The first-order chi connectivity index (χ1) is 12.1. The molecule has 0 aliphatic carbocycles. The lowest BCUT2D eigenvalue weighted by Gasteiger charge is -2.21. The normalized spacial score (nSPS) is 10.3. The summed E-state index contributed by atoms with van der Waals surface area (Å²) in [6, 6.07) is 17.2. The van der Waals surface area contributed by atoms with E-state index in [2.05, 4.69) is 11.0 Å². The number of aryl methyl sites for hydroxylation is 1. The molecule has 0 saturated heterocycles. The number of rotatable bonds is 4. The summed E-state index contributed by atoms with van der Waals surface area (Å²) in [6.45, 7) is 4.33. The zero-order valence-electron chi connectivity index (χ0n) is 14.3. The second-order valence-corrected chi connectivity index (χ2v) is 5.65. The number of anilines is 1. The Kier molecular flexibility index (Phi) is 4.67. The van der Waals surface area contributed by atoms with E-state index in [1.165, 1.54) is 0 Å². The van der Waals surface area contributed by atoms with Crippen molar-refractivity contribution in [3.05, 3.63) is 77.6 Å². The van der Waals surface area contributed by atoms with Gasteiger partial charge in [0.25, 0.3) is 5.91 Å². The molecule has 0 bridgehead atoms. The maximum atomic E-state index is 13.1. The molecule has 0 radical (unpaired) electrons. The van der Waals surface area contributed by atoms with Crippen LogP contribution in [0, 0.1) is 19.3 Å². The molecule has 1 aromatic heterocycles. The fourth-order valence-corrected chi connectivity index (χ4v) is 2.74.